The number of amides is 1. The van der Waals surface area contributed by atoms with E-state index in [0.717, 1.165) is 3.57 Å². The Balaban J connectivity index is 2.65. The molecule has 0 aliphatic rings. The van der Waals surface area contributed by atoms with Crippen molar-refractivity contribution in [1.82, 2.24) is 5.32 Å². The number of hydrogen-bond acceptors (Lipinski definition) is 2. The van der Waals surface area contributed by atoms with Crippen LogP contribution in [0.15, 0.2) is 24.3 Å². The molecule has 4 heteroatoms. The average molecular weight is 319 g/mol. The highest BCUT2D eigenvalue weighted by molar-refractivity contribution is 14.1. The van der Waals surface area contributed by atoms with E-state index in [2.05, 4.69) is 27.9 Å². The first-order valence-corrected chi connectivity index (χ1v) is 5.77. The van der Waals surface area contributed by atoms with Gasteiger partial charge < -0.3 is 10.1 Å². The molecule has 1 N–H and O–H groups in total. The van der Waals surface area contributed by atoms with Crippen LogP contribution in [0.5, 0.6) is 0 Å². The summed E-state index contributed by atoms with van der Waals surface area (Å²) < 4.78 is 5.91. The summed E-state index contributed by atoms with van der Waals surface area (Å²) in [7, 11) is 1.62. The largest absolute Gasteiger partial charge is 0.383 e. The van der Waals surface area contributed by atoms with Crippen LogP contribution in [0.25, 0.3) is 0 Å². The molecule has 0 heterocycles. The molecule has 0 aromatic heterocycles. The van der Waals surface area contributed by atoms with Gasteiger partial charge in [0.15, 0.2) is 0 Å². The Hall–Kier alpha value is -0.620. The van der Waals surface area contributed by atoms with Gasteiger partial charge >= 0.3 is 0 Å². The lowest BCUT2D eigenvalue weighted by Crippen LogP contribution is -2.35. The summed E-state index contributed by atoms with van der Waals surface area (Å²) in [6.07, 6.45) is 0. The number of methoxy groups -OCH3 is 1. The molecule has 1 amide bonds. The van der Waals surface area contributed by atoms with E-state index in [1.165, 1.54) is 0 Å². The minimum absolute atomic E-state index is 0.0264. The third kappa shape index (κ3) is 3.79. The molecule has 1 atom stereocenters. The van der Waals surface area contributed by atoms with Crippen LogP contribution in [0, 0.1) is 3.57 Å². The summed E-state index contributed by atoms with van der Waals surface area (Å²) in [5.74, 6) is -0.0513. The second-order valence-electron chi connectivity index (χ2n) is 3.31. The molecule has 1 aromatic rings. The Kier molecular flexibility index (Phi) is 5.04. The van der Waals surface area contributed by atoms with Gasteiger partial charge in [-0.3, -0.25) is 4.79 Å². The third-order valence-corrected chi connectivity index (χ3v) is 2.85. The van der Waals surface area contributed by atoms with Gasteiger partial charge in [-0.15, -0.1) is 0 Å². The average Bonchev–Trinajstić information content (AvgIpc) is 2.18. The van der Waals surface area contributed by atoms with Crippen LogP contribution in [-0.4, -0.2) is 25.7 Å². The zero-order valence-corrected chi connectivity index (χ0v) is 10.9. The number of carbonyl (C=O) groups excluding carboxylic acids is 1. The Labute approximate surface area is 103 Å². The Morgan fingerprint density at radius 2 is 2.20 bits per heavy atom. The molecule has 82 valence electrons. The Bertz CT molecular complexity index is 341. The van der Waals surface area contributed by atoms with Gasteiger partial charge in [0.25, 0.3) is 5.91 Å². The maximum Gasteiger partial charge on any atom is 0.252 e. The van der Waals surface area contributed by atoms with Crippen molar-refractivity contribution in [1.29, 1.82) is 0 Å². The standard InChI is InChI=1S/C11H14INO2/c1-8(7-15-2)13-11(14)9-5-3-4-6-10(9)12/h3-6,8H,7H2,1-2H3,(H,13,14)/t8-/m0/s1. The van der Waals surface area contributed by atoms with Gasteiger partial charge in [-0.25, -0.2) is 0 Å². The molecule has 0 bridgehead atoms. The van der Waals surface area contributed by atoms with Crippen molar-refractivity contribution < 1.29 is 9.53 Å². The van der Waals surface area contributed by atoms with Gasteiger partial charge in [0.1, 0.15) is 0 Å². The van der Waals surface area contributed by atoms with E-state index < -0.39 is 0 Å². The van der Waals surface area contributed by atoms with Crippen molar-refractivity contribution in [2.75, 3.05) is 13.7 Å². The lowest BCUT2D eigenvalue weighted by atomic mass is 10.2. The van der Waals surface area contributed by atoms with Crippen molar-refractivity contribution in [3.8, 4) is 0 Å². The minimum atomic E-state index is -0.0513. The normalized spacial score (nSPS) is 12.2. The fourth-order valence-electron chi connectivity index (χ4n) is 1.24. The fourth-order valence-corrected chi connectivity index (χ4v) is 1.87. The quantitative estimate of drug-likeness (QED) is 0.863. The maximum absolute atomic E-state index is 11.8. The predicted octanol–water partition coefficient (Wildman–Crippen LogP) is 2.06. The van der Waals surface area contributed by atoms with Gasteiger partial charge in [0, 0.05) is 16.7 Å². The molecule has 3 nitrogen and oxygen atoms in total. The number of benzene rings is 1. The number of carbonyl (C=O) groups is 1. The number of rotatable bonds is 4. The number of ether oxygens (including phenoxy) is 1. The van der Waals surface area contributed by atoms with E-state index in [9.17, 15) is 4.79 Å². The van der Waals surface area contributed by atoms with Crippen LogP contribution in [0.4, 0.5) is 0 Å². The van der Waals surface area contributed by atoms with Crippen molar-refractivity contribution in [2.45, 2.75) is 13.0 Å². The first-order chi connectivity index (χ1) is 7.15. The number of halogens is 1. The highest BCUT2D eigenvalue weighted by Crippen LogP contribution is 2.11. The summed E-state index contributed by atoms with van der Waals surface area (Å²) in [6.45, 7) is 2.44. The molecule has 0 saturated heterocycles. The first-order valence-electron chi connectivity index (χ1n) is 4.69. The fraction of sp³-hybridized carbons (Fsp3) is 0.364. The van der Waals surface area contributed by atoms with E-state index >= 15 is 0 Å². The molecule has 1 rings (SSSR count). The van der Waals surface area contributed by atoms with E-state index in [1.54, 1.807) is 7.11 Å². The summed E-state index contributed by atoms with van der Waals surface area (Å²) >= 11 is 2.15. The zero-order valence-electron chi connectivity index (χ0n) is 8.79. The smallest absolute Gasteiger partial charge is 0.252 e. The van der Waals surface area contributed by atoms with Crippen LogP contribution in [0.2, 0.25) is 0 Å². The first kappa shape index (κ1) is 12.4. The summed E-state index contributed by atoms with van der Waals surface area (Å²) in [5.41, 5.74) is 0.709. The highest BCUT2D eigenvalue weighted by Gasteiger charge is 2.11. The highest BCUT2D eigenvalue weighted by atomic mass is 127. The van der Waals surface area contributed by atoms with Crippen LogP contribution in [-0.2, 0) is 4.74 Å². The lowest BCUT2D eigenvalue weighted by molar-refractivity contribution is 0.0904. The van der Waals surface area contributed by atoms with Gasteiger partial charge in [-0.2, -0.15) is 0 Å². The predicted molar refractivity (Wildman–Crippen MR) is 68.0 cm³/mol. The van der Waals surface area contributed by atoms with E-state index in [1.807, 2.05) is 31.2 Å². The number of nitrogens with one attached hydrogen (secondary N) is 1. The monoisotopic (exact) mass is 319 g/mol. The van der Waals surface area contributed by atoms with Gasteiger partial charge in [-0.05, 0) is 41.6 Å². The van der Waals surface area contributed by atoms with Crippen molar-refractivity contribution in [3.63, 3.8) is 0 Å². The van der Waals surface area contributed by atoms with E-state index in [0.29, 0.717) is 12.2 Å². The van der Waals surface area contributed by atoms with Crippen molar-refractivity contribution in [2.24, 2.45) is 0 Å². The zero-order chi connectivity index (χ0) is 11.3. The van der Waals surface area contributed by atoms with Crippen LogP contribution >= 0.6 is 22.6 Å². The SMILES string of the molecule is COC[C@H](C)NC(=O)c1ccccc1I. The minimum Gasteiger partial charge on any atom is -0.383 e. The molecule has 1 aromatic carbocycles. The maximum atomic E-state index is 11.8. The van der Waals surface area contributed by atoms with Gasteiger partial charge in [0.05, 0.1) is 12.2 Å². The Morgan fingerprint density at radius 1 is 1.53 bits per heavy atom. The van der Waals surface area contributed by atoms with Crippen molar-refractivity contribution >= 4 is 28.5 Å². The van der Waals surface area contributed by atoms with Crippen LogP contribution in [0.3, 0.4) is 0 Å². The van der Waals surface area contributed by atoms with Crippen LogP contribution in [0.1, 0.15) is 17.3 Å². The van der Waals surface area contributed by atoms with E-state index in [-0.39, 0.29) is 11.9 Å². The second-order valence-corrected chi connectivity index (χ2v) is 4.47. The summed E-state index contributed by atoms with van der Waals surface area (Å²) in [4.78, 5) is 11.8. The molecular weight excluding hydrogens is 305 g/mol. The topological polar surface area (TPSA) is 38.3 Å². The molecule has 0 saturated carbocycles. The van der Waals surface area contributed by atoms with Gasteiger partial charge in [-0.1, -0.05) is 12.1 Å². The summed E-state index contributed by atoms with van der Waals surface area (Å²) in [5, 5.41) is 2.87. The lowest BCUT2D eigenvalue weighted by Gasteiger charge is -2.13. The number of hydrogen-bond donors (Lipinski definition) is 1. The van der Waals surface area contributed by atoms with E-state index in [4.69, 9.17) is 4.74 Å². The van der Waals surface area contributed by atoms with Crippen LogP contribution < -0.4 is 5.32 Å². The molecule has 0 aliphatic carbocycles. The molecule has 0 aliphatic heterocycles. The molecule has 0 fully saturated rings. The third-order valence-electron chi connectivity index (χ3n) is 1.91. The molecule has 0 spiro atoms. The molecule has 15 heavy (non-hydrogen) atoms. The molecule has 0 radical (unpaired) electrons. The Morgan fingerprint density at radius 3 is 2.80 bits per heavy atom. The summed E-state index contributed by atoms with van der Waals surface area (Å²) in [6, 6.07) is 7.53. The van der Waals surface area contributed by atoms with Crippen molar-refractivity contribution in [3.05, 3.63) is 33.4 Å². The molecular formula is C11H14INO2. The molecule has 0 unspecified atom stereocenters. The second kappa shape index (κ2) is 6.07. The van der Waals surface area contributed by atoms with Gasteiger partial charge in [0.2, 0.25) is 0 Å².